The van der Waals surface area contributed by atoms with Crippen LogP contribution in [0.3, 0.4) is 0 Å². The fourth-order valence-corrected chi connectivity index (χ4v) is 2.77. The standard InChI is InChI=1S/C12H19NO3/c1-8(11(15)16)10(14)13-9-7-12(9)5-3-2-4-6-12/h8-9H,2-7H2,1H3,(H,13,14)(H,15,16). The topological polar surface area (TPSA) is 66.4 Å². The minimum Gasteiger partial charge on any atom is -0.481 e. The molecule has 4 nitrogen and oxygen atoms in total. The smallest absolute Gasteiger partial charge is 0.315 e. The lowest BCUT2D eigenvalue weighted by molar-refractivity contribution is -0.146. The SMILES string of the molecule is CC(C(=O)O)C(=O)NC1CC12CCCCC2. The molecule has 4 heteroatoms. The normalized spacial score (nSPS) is 28.4. The van der Waals surface area contributed by atoms with Crippen LogP contribution in [0.1, 0.15) is 45.4 Å². The second-order valence-corrected chi connectivity index (χ2v) is 5.25. The molecule has 0 radical (unpaired) electrons. The molecule has 2 aliphatic rings. The van der Waals surface area contributed by atoms with Crippen molar-refractivity contribution in [2.45, 2.75) is 51.5 Å². The Balaban J connectivity index is 1.84. The third kappa shape index (κ3) is 2.06. The van der Waals surface area contributed by atoms with Crippen LogP contribution in [0, 0.1) is 11.3 Å². The van der Waals surface area contributed by atoms with E-state index in [1.807, 2.05) is 0 Å². The second-order valence-electron chi connectivity index (χ2n) is 5.25. The van der Waals surface area contributed by atoms with Gasteiger partial charge in [0, 0.05) is 6.04 Å². The second kappa shape index (κ2) is 4.07. The van der Waals surface area contributed by atoms with Gasteiger partial charge in [-0.05, 0) is 31.6 Å². The third-order valence-corrected chi connectivity index (χ3v) is 4.12. The zero-order valence-corrected chi connectivity index (χ0v) is 9.66. The van der Waals surface area contributed by atoms with E-state index >= 15 is 0 Å². The Bertz CT molecular complexity index is 307. The summed E-state index contributed by atoms with van der Waals surface area (Å²) in [6.45, 7) is 1.44. The number of carbonyl (C=O) groups is 2. The van der Waals surface area contributed by atoms with Gasteiger partial charge in [0.2, 0.25) is 5.91 Å². The third-order valence-electron chi connectivity index (χ3n) is 4.12. The Kier molecular flexibility index (Phi) is 2.91. The summed E-state index contributed by atoms with van der Waals surface area (Å²) in [6, 6.07) is 0.238. The van der Waals surface area contributed by atoms with Crippen LogP contribution >= 0.6 is 0 Å². The molecule has 16 heavy (non-hydrogen) atoms. The van der Waals surface area contributed by atoms with Gasteiger partial charge in [-0.25, -0.2) is 0 Å². The lowest BCUT2D eigenvalue weighted by atomic mass is 9.85. The van der Waals surface area contributed by atoms with Crippen molar-refractivity contribution in [2.24, 2.45) is 11.3 Å². The number of rotatable bonds is 3. The van der Waals surface area contributed by atoms with Crippen LogP contribution in [0.25, 0.3) is 0 Å². The predicted octanol–water partition coefficient (Wildman–Crippen LogP) is 1.55. The van der Waals surface area contributed by atoms with Gasteiger partial charge in [-0.2, -0.15) is 0 Å². The molecule has 0 aliphatic heterocycles. The van der Waals surface area contributed by atoms with E-state index in [1.54, 1.807) is 0 Å². The molecule has 0 aromatic heterocycles. The van der Waals surface area contributed by atoms with Crippen LogP contribution in [-0.2, 0) is 9.59 Å². The van der Waals surface area contributed by atoms with Gasteiger partial charge in [-0.3, -0.25) is 9.59 Å². The van der Waals surface area contributed by atoms with E-state index in [0.717, 1.165) is 6.42 Å². The molecule has 0 aromatic rings. The van der Waals surface area contributed by atoms with Crippen LogP contribution < -0.4 is 5.32 Å². The van der Waals surface area contributed by atoms with Crippen molar-refractivity contribution in [2.75, 3.05) is 0 Å². The quantitative estimate of drug-likeness (QED) is 0.716. The summed E-state index contributed by atoms with van der Waals surface area (Å²) < 4.78 is 0. The lowest BCUT2D eigenvalue weighted by Crippen LogP contribution is -2.37. The van der Waals surface area contributed by atoms with Gasteiger partial charge >= 0.3 is 5.97 Å². The maximum Gasteiger partial charge on any atom is 0.315 e. The number of carboxylic acid groups (broad SMARTS) is 1. The number of nitrogens with one attached hydrogen (secondary N) is 1. The molecule has 2 atom stereocenters. The van der Waals surface area contributed by atoms with Crippen molar-refractivity contribution in [3.05, 3.63) is 0 Å². The molecule has 2 saturated carbocycles. The minimum atomic E-state index is -1.05. The summed E-state index contributed by atoms with van der Waals surface area (Å²) in [5, 5.41) is 11.6. The molecule has 1 amide bonds. The fourth-order valence-electron chi connectivity index (χ4n) is 2.77. The first kappa shape index (κ1) is 11.4. The zero-order valence-electron chi connectivity index (χ0n) is 9.66. The van der Waals surface area contributed by atoms with E-state index in [2.05, 4.69) is 5.32 Å². The van der Waals surface area contributed by atoms with Gasteiger partial charge in [0.25, 0.3) is 0 Å². The van der Waals surface area contributed by atoms with E-state index < -0.39 is 11.9 Å². The molecular weight excluding hydrogens is 206 g/mol. The summed E-state index contributed by atoms with van der Waals surface area (Å²) in [4.78, 5) is 22.2. The van der Waals surface area contributed by atoms with Crippen molar-refractivity contribution in [1.82, 2.24) is 5.32 Å². The van der Waals surface area contributed by atoms with Crippen LogP contribution in [-0.4, -0.2) is 23.0 Å². The highest BCUT2D eigenvalue weighted by Crippen LogP contribution is 2.56. The average Bonchev–Trinajstić information content (AvgIpc) is 2.90. The Morgan fingerprint density at radius 2 is 1.94 bits per heavy atom. The molecule has 2 aliphatic carbocycles. The van der Waals surface area contributed by atoms with Crippen molar-refractivity contribution >= 4 is 11.9 Å². The van der Waals surface area contributed by atoms with Gasteiger partial charge in [0.05, 0.1) is 0 Å². The number of hydrogen-bond donors (Lipinski definition) is 2. The average molecular weight is 225 g/mol. The van der Waals surface area contributed by atoms with Gasteiger partial charge in [0.15, 0.2) is 0 Å². The maximum absolute atomic E-state index is 11.6. The van der Waals surface area contributed by atoms with Crippen LogP contribution in [0.5, 0.6) is 0 Å². The molecule has 0 aromatic carbocycles. The summed E-state index contributed by atoms with van der Waals surface area (Å²) in [5.74, 6) is -2.31. The van der Waals surface area contributed by atoms with E-state index in [1.165, 1.54) is 39.0 Å². The maximum atomic E-state index is 11.6. The van der Waals surface area contributed by atoms with E-state index in [-0.39, 0.29) is 11.9 Å². The Labute approximate surface area is 95.4 Å². The molecule has 90 valence electrons. The molecule has 0 saturated heterocycles. The largest absolute Gasteiger partial charge is 0.481 e. The lowest BCUT2D eigenvalue weighted by Gasteiger charge is -2.22. The summed E-state index contributed by atoms with van der Waals surface area (Å²) in [7, 11) is 0. The van der Waals surface area contributed by atoms with Gasteiger partial charge in [-0.15, -0.1) is 0 Å². The van der Waals surface area contributed by atoms with E-state index in [4.69, 9.17) is 5.11 Å². The number of amides is 1. The summed E-state index contributed by atoms with van der Waals surface area (Å²) in [6.07, 6.45) is 7.24. The van der Waals surface area contributed by atoms with Crippen molar-refractivity contribution in [3.8, 4) is 0 Å². The first-order chi connectivity index (χ1) is 7.55. The Morgan fingerprint density at radius 1 is 1.31 bits per heavy atom. The molecule has 0 bridgehead atoms. The summed E-state index contributed by atoms with van der Waals surface area (Å²) in [5.41, 5.74) is 0.326. The Hall–Kier alpha value is -1.06. The Morgan fingerprint density at radius 3 is 2.50 bits per heavy atom. The first-order valence-corrected chi connectivity index (χ1v) is 6.08. The monoisotopic (exact) mass is 225 g/mol. The summed E-state index contributed by atoms with van der Waals surface area (Å²) >= 11 is 0. The van der Waals surface area contributed by atoms with Crippen LogP contribution in [0.15, 0.2) is 0 Å². The van der Waals surface area contributed by atoms with Gasteiger partial charge in [0.1, 0.15) is 5.92 Å². The van der Waals surface area contributed by atoms with Crippen molar-refractivity contribution < 1.29 is 14.7 Å². The number of aliphatic carboxylic acids is 1. The number of carbonyl (C=O) groups excluding carboxylic acids is 1. The molecule has 2 unspecified atom stereocenters. The molecule has 2 rings (SSSR count). The first-order valence-electron chi connectivity index (χ1n) is 6.08. The van der Waals surface area contributed by atoms with E-state index in [9.17, 15) is 9.59 Å². The number of hydrogen-bond acceptors (Lipinski definition) is 2. The fraction of sp³-hybridized carbons (Fsp3) is 0.833. The number of carboxylic acids is 1. The van der Waals surface area contributed by atoms with Crippen molar-refractivity contribution in [3.63, 3.8) is 0 Å². The van der Waals surface area contributed by atoms with Crippen molar-refractivity contribution in [1.29, 1.82) is 0 Å². The van der Waals surface area contributed by atoms with Crippen LogP contribution in [0.4, 0.5) is 0 Å². The minimum absolute atomic E-state index is 0.238. The highest BCUT2D eigenvalue weighted by atomic mass is 16.4. The van der Waals surface area contributed by atoms with Gasteiger partial charge in [-0.1, -0.05) is 19.3 Å². The molecule has 0 heterocycles. The van der Waals surface area contributed by atoms with E-state index in [0.29, 0.717) is 5.41 Å². The zero-order chi connectivity index (χ0) is 11.8. The molecule has 2 N–H and O–H groups in total. The highest BCUT2D eigenvalue weighted by Gasteiger charge is 2.54. The molecular formula is C12H19NO3. The molecule has 1 spiro atoms. The highest BCUT2D eigenvalue weighted by molar-refractivity contribution is 5.96. The predicted molar refractivity (Wildman–Crippen MR) is 58.9 cm³/mol. The van der Waals surface area contributed by atoms with Gasteiger partial charge < -0.3 is 10.4 Å². The van der Waals surface area contributed by atoms with Crippen LogP contribution in [0.2, 0.25) is 0 Å². The molecule has 2 fully saturated rings.